The molecule has 0 aliphatic rings. The topological polar surface area (TPSA) is 27.7 Å². The van der Waals surface area contributed by atoms with E-state index in [2.05, 4.69) is 12.6 Å². The zero-order chi connectivity index (χ0) is 10.3. The second-order valence-electron chi connectivity index (χ2n) is 2.98. The Bertz CT molecular complexity index is 118. The minimum absolute atomic E-state index is 0.194. The van der Waals surface area contributed by atoms with Gasteiger partial charge in [0.05, 0.1) is 0 Å². The molecule has 3 nitrogen and oxygen atoms in total. The Morgan fingerprint density at radius 2 is 1.62 bits per heavy atom. The third-order valence-corrected chi connectivity index (χ3v) is 2.57. The fraction of sp³-hybridized carbons (Fsp3) is 1.00. The second kappa shape index (κ2) is 6.65. The smallest absolute Gasteiger partial charge is 0.284 e. The normalized spacial score (nSPS) is 14.5. The molecule has 0 aliphatic carbocycles. The van der Waals surface area contributed by atoms with Crippen molar-refractivity contribution in [2.45, 2.75) is 25.7 Å². The number of thiol groups is 1. The Balaban J connectivity index is 4.17. The summed E-state index contributed by atoms with van der Waals surface area (Å²) >= 11 is 4.16. The molecular formula is C9H20O3S. The zero-order valence-corrected chi connectivity index (χ0v) is 9.77. The van der Waals surface area contributed by atoms with Gasteiger partial charge in [0.15, 0.2) is 0 Å². The number of ether oxygens (including phenoxy) is 3. The molecule has 0 bridgehead atoms. The first-order chi connectivity index (χ1) is 6.16. The first-order valence-electron chi connectivity index (χ1n) is 4.43. The molecule has 0 saturated heterocycles. The maximum atomic E-state index is 5.23. The standard InChI is InChI=1S/C9H20O3S/c1-8(6-5-7-13)9(10-2,11-3)12-4/h8,13H,5-7H2,1-4H3. The lowest BCUT2D eigenvalue weighted by Crippen LogP contribution is -2.42. The summed E-state index contributed by atoms with van der Waals surface area (Å²) < 4.78 is 15.7. The first kappa shape index (κ1) is 13.2. The summed E-state index contributed by atoms with van der Waals surface area (Å²) in [5.74, 6) is 0.167. The van der Waals surface area contributed by atoms with E-state index in [0.29, 0.717) is 0 Å². The van der Waals surface area contributed by atoms with Crippen molar-refractivity contribution in [1.82, 2.24) is 0 Å². The highest BCUT2D eigenvalue weighted by Crippen LogP contribution is 2.26. The number of hydrogen-bond donors (Lipinski definition) is 1. The lowest BCUT2D eigenvalue weighted by Gasteiger charge is -2.34. The van der Waals surface area contributed by atoms with Crippen molar-refractivity contribution in [2.75, 3.05) is 27.1 Å². The summed E-state index contributed by atoms with van der Waals surface area (Å²) in [6, 6.07) is 0. The SMILES string of the molecule is COC(OC)(OC)C(C)CCCS. The molecule has 0 heterocycles. The van der Waals surface area contributed by atoms with Gasteiger partial charge in [0.25, 0.3) is 5.97 Å². The fourth-order valence-electron chi connectivity index (χ4n) is 1.43. The van der Waals surface area contributed by atoms with Crippen LogP contribution >= 0.6 is 12.6 Å². The summed E-state index contributed by atoms with van der Waals surface area (Å²) in [6.45, 7) is 2.04. The molecule has 13 heavy (non-hydrogen) atoms. The van der Waals surface area contributed by atoms with Crippen LogP contribution in [0, 0.1) is 5.92 Å². The third kappa shape index (κ3) is 3.46. The summed E-state index contributed by atoms with van der Waals surface area (Å²) in [6.07, 6.45) is 2.00. The van der Waals surface area contributed by atoms with Gasteiger partial charge in [-0.1, -0.05) is 6.92 Å². The molecule has 0 fully saturated rings. The van der Waals surface area contributed by atoms with Gasteiger partial charge in [-0.2, -0.15) is 12.6 Å². The van der Waals surface area contributed by atoms with E-state index in [1.54, 1.807) is 21.3 Å². The Labute approximate surface area is 86.2 Å². The Morgan fingerprint density at radius 1 is 1.15 bits per heavy atom. The molecule has 0 spiro atoms. The molecule has 0 N–H and O–H groups in total. The van der Waals surface area contributed by atoms with Crippen LogP contribution in [-0.2, 0) is 14.2 Å². The van der Waals surface area contributed by atoms with Gasteiger partial charge in [0, 0.05) is 27.2 Å². The molecule has 0 radical (unpaired) electrons. The first-order valence-corrected chi connectivity index (χ1v) is 5.06. The van der Waals surface area contributed by atoms with Crippen molar-refractivity contribution in [3.8, 4) is 0 Å². The van der Waals surface area contributed by atoms with E-state index in [9.17, 15) is 0 Å². The monoisotopic (exact) mass is 208 g/mol. The van der Waals surface area contributed by atoms with Crippen LogP contribution in [-0.4, -0.2) is 33.1 Å². The largest absolute Gasteiger partial charge is 0.331 e. The van der Waals surface area contributed by atoms with Crippen LogP contribution in [0.2, 0.25) is 0 Å². The zero-order valence-electron chi connectivity index (χ0n) is 8.87. The van der Waals surface area contributed by atoms with Crippen LogP contribution < -0.4 is 0 Å². The van der Waals surface area contributed by atoms with Crippen molar-refractivity contribution in [2.24, 2.45) is 5.92 Å². The molecule has 1 unspecified atom stereocenters. The molecule has 0 saturated carbocycles. The minimum atomic E-state index is -0.900. The van der Waals surface area contributed by atoms with Crippen LogP contribution in [0.15, 0.2) is 0 Å². The average molecular weight is 208 g/mol. The van der Waals surface area contributed by atoms with Crippen LogP contribution in [0.5, 0.6) is 0 Å². The average Bonchev–Trinajstić information content (AvgIpc) is 2.18. The van der Waals surface area contributed by atoms with Crippen molar-refractivity contribution in [1.29, 1.82) is 0 Å². The van der Waals surface area contributed by atoms with Gasteiger partial charge < -0.3 is 14.2 Å². The Kier molecular flexibility index (Phi) is 6.77. The summed E-state index contributed by atoms with van der Waals surface area (Å²) in [7, 11) is 4.76. The Hall–Kier alpha value is 0.230. The molecule has 0 aliphatic heterocycles. The van der Waals surface area contributed by atoms with E-state index in [-0.39, 0.29) is 5.92 Å². The fourth-order valence-corrected chi connectivity index (χ4v) is 1.61. The van der Waals surface area contributed by atoms with Crippen LogP contribution in [0.3, 0.4) is 0 Å². The van der Waals surface area contributed by atoms with Gasteiger partial charge in [-0.05, 0) is 18.6 Å². The minimum Gasteiger partial charge on any atom is -0.331 e. The van der Waals surface area contributed by atoms with Crippen molar-refractivity contribution < 1.29 is 14.2 Å². The van der Waals surface area contributed by atoms with Gasteiger partial charge in [-0.15, -0.1) is 0 Å². The van der Waals surface area contributed by atoms with Gasteiger partial charge in [0.1, 0.15) is 0 Å². The molecular weight excluding hydrogens is 188 g/mol. The molecule has 4 heteroatoms. The summed E-state index contributed by atoms with van der Waals surface area (Å²) in [5.41, 5.74) is 0. The van der Waals surface area contributed by atoms with Crippen molar-refractivity contribution in [3.05, 3.63) is 0 Å². The predicted octanol–water partition coefficient (Wildman–Crippen LogP) is 1.93. The number of rotatable bonds is 7. The molecule has 0 amide bonds. The van der Waals surface area contributed by atoms with Crippen molar-refractivity contribution >= 4 is 12.6 Å². The van der Waals surface area contributed by atoms with Gasteiger partial charge >= 0.3 is 0 Å². The lowest BCUT2D eigenvalue weighted by molar-refractivity contribution is -0.376. The molecule has 0 aromatic carbocycles. The van der Waals surface area contributed by atoms with E-state index < -0.39 is 5.97 Å². The summed E-state index contributed by atoms with van der Waals surface area (Å²) in [5, 5.41) is 0. The van der Waals surface area contributed by atoms with Gasteiger partial charge in [-0.3, -0.25) is 0 Å². The highest BCUT2D eigenvalue weighted by Gasteiger charge is 2.36. The molecule has 0 aromatic heterocycles. The highest BCUT2D eigenvalue weighted by atomic mass is 32.1. The quantitative estimate of drug-likeness (QED) is 0.512. The van der Waals surface area contributed by atoms with Gasteiger partial charge in [-0.25, -0.2) is 0 Å². The van der Waals surface area contributed by atoms with Crippen LogP contribution in [0.25, 0.3) is 0 Å². The van der Waals surface area contributed by atoms with E-state index in [0.717, 1.165) is 18.6 Å². The third-order valence-electron chi connectivity index (χ3n) is 2.25. The maximum absolute atomic E-state index is 5.23. The summed E-state index contributed by atoms with van der Waals surface area (Å²) in [4.78, 5) is 0. The molecule has 0 aromatic rings. The van der Waals surface area contributed by atoms with Crippen LogP contribution in [0.4, 0.5) is 0 Å². The predicted molar refractivity (Wildman–Crippen MR) is 56.0 cm³/mol. The number of methoxy groups -OCH3 is 3. The highest BCUT2D eigenvalue weighted by molar-refractivity contribution is 7.80. The van der Waals surface area contributed by atoms with E-state index in [1.807, 2.05) is 6.92 Å². The maximum Gasteiger partial charge on any atom is 0.284 e. The molecule has 80 valence electrons. The second-order valence-corrected chi connectivity index (χ2v) is 3.43. The van der Waals surface area contributed by atoms with E-state index >= 15 is 0 Å². The van der Waals surface area contributed by atoms with E-state index in [1.165, 1.54) is 0 Å². The number of hydrogen-bond acceptors (Lipinski definition) is 4. The van der Waals surface area contributed by atoms with Crippen molar-refractivity contribution in [3.63, 3.8) is 0 Å². The van der Waals surface area contributed by atoms with E-state index in [4.69, 9.17) is 14.2 Å². The Morgan fingerprint density at radius 3 is 1.92 bits per heavy atom. The van der Waals surface area contributed by atoms with Gasteiger partial charge in [0.2, 0.25) is 0 Å². The lowest BCUT2D eigenvalue weighted by atomic mass is 10.0. The molecule has 1 atom stereocenters. The molecule has 0 rings (SSSR count). The van der Waals surface area contributed by atoms with Crippen LogP contribution in [0.1, 0.15) is 19.8 Å².